The number of rotatable bonds is 12. The van der Waals surface area contributed by atoms with E-state index in [-0.39, 0.29) is 41.0 Å². The Labute approximate surface area is 189 Å². The van der Waals surface area contributed by atoms with Crippen molar-refractivity contribution < 1.29 is 24.3 Å². The van der Waals surface area contributed by atoms with Crippen molar-refractivity contribution in [3.63, 3.8) is 0 Å². The van der Waals surface area contributed by atoms with Gasteiger partial charge in [0.2, 0.25) is 5.82 Å². The minimum absolute atomic E-state index is 0.0261. The highest BCUT2D eigenvalue weighted by molar-refractivity contribution is 5.97. The molecule has 0 aliphatic rings. The van der Waals surface area contributed by atoms with Crippen LogP contribution in [0, 0.1) is 10.1 Å². The van der Waals surface area contributed by atoms with E-state index in [2.05, 4.69) is 20.6 Å². The minimum Gasteiger partial charge on any atom is -0.507 e. The maximum atomic E-state index is 11.7. The number of aromatic hydroxyl groups is 1. The standard InChI is InChI=1S/C22H25N5O6/c1-3-6-17-19(10-8-16(14(2)28)21(17)29)32-11-4-5-12-33-20-9-7-15(13-18(20)27(30)31)22-23-25-26-24-22/h7-10,13,29H,3-6,11-12H2,1-2H3,(H,23,24,25,26). The second-order valence-electron chi connectivity index (χ2n) is 7.32. The number of benzene rings is 2. The van der Waals surface area contributed by atoms with Crippen LogP contribution in [0.5, 0.6) is 17.2 Å². The van der Waals surface area contributed by atoms with E-state index >= 15 is 0 Å². The summed E-state index contributed by atoms with van der Waals surface area (Å²) < 4.78 is 11.4. The third kappa shape index (κ3) is 5.82. The number of hydrogen-bond donors (Lipinski definition) is 2. The second kappa shape index (κ2) is 11.0. The number of Topliss-reactive ketones (excluding diaryl/α,β-unsaturated/α-hetero) is 1. The highest BCUT2D eigenvalue weighted by atomic mass is 16.6. The summed E-state index contributed by atoms with van der Waals surface area (Å²) in [5, 5.41) is 35.2. The molecule has 3 rings (SSSR count). The average molecular weight is 455 g/mol. The maximum Gasteiger partial charge on any atom is 0.311 e. The summed E-state index contributed by atoms with van der Waals surface area (Å²) in [5.41, 5.74) is 1.18. The number of nitrogens with zero attached hydrogens (tertiary/aromatic N) is 4. The third-order valence-corrected chi connectivity index (χ3v) is 4.93. The van der Waals surface area contributed by atoms with Crippen LogP contribution in [0.25, 0.3) is 11.4 Å². The molecule has 11 heteroatoms. The maximum absolute atomic E-state index is 11.7. The number of nitrogens with one attached hydrogen (secondary N) is 1. The molecule has 3 aromatic rings. The number of phenolic OH excluding ortho intramolecular Hbond substituents is 1. The van der Waals surface area contributed by atoms with Crippen LogP contribution in [0.1, 0.15) is 49.0 Å². The zero-order valence-corrected chi connectivity index (χ0v) is 18.4. The number of carbonyl (C=O) groups excluding carboxylic acids is 1. The Hall–Kier alpha value is -4.02. The van der Waals surface area contributed by atoms with Gasteiger partial charge in [-0.1, -0.05) is 13.3 Å². The molecule has 0 fully saturated rings. The first-order valence-corrected chi connectivity index (χ1v) is 10.6. The largest absolute Gasteiger partial charge is 0.507 e. The predicted molar refractivity (Wildman–Crippen MR) is 119 cm³/mol. The van der Waals surface area contributed by atoms with E-state index in [4.69, 9.17) is 9.47 Å². The molecule has 0 aliphatic heterocycles. The number of H-pyrrole nitrogens is 1. The van der Waals surface area contributed by atoms with Crippen LogP contribution in [0.3, 0.4) is 0 Å². The highest BCUT2D eigenvalue weighted by Crippen LogP contribution is 2.33. The Kier molecular flexibility index (Phi) is 7.90. The molecule has 2 N–H and O–H groups in total. The number of unbranched alkanes of at least 4 members (excludes halogenated alkanes) is 1. The van der Waals surface area contributed by atoms with Crippen LogP contribution in [0.2, 0.25) is 0 Å². The number of ketones is 1. The monoisotopic (exact) mass is 455 g/mol. The molecule has 0 radical (unpaired) electrons. The normalized spacial score (nSPS) is 10.7. The van der Waals surface area contributed by atoms with E-state index in [9.17, 15) is 20.0 Å². The molecule has 0 unspecified atom stereocenters. The van der Waals surface area contributed by atoms with Crippen LogP contribution in [0.15, 0.2) is 30.3 Å². The summed E-state index contributed by atoms with van der Waals surface area (Å²) in [6.45, 7) is 4.03. The van der Waals surface area contributed by atoms with Gasteiger partial charge in [-0.2, -0.15) is 5.21 Å². The molecule has 33 heavy (non-hydrogen) atoms. The number of nitro groups is 1. The molecule has 1 heterocycles. The number of nitro benzene ring substituents is 1. The number of ether oxygens (including phenoxy) is 2. The molecular formula is C22H25N5O6. The molecule has 0 saturated heterocycles. The lowest BCUT2D eigenvalue weighted by Crippen LogP contribution is -2.06. The van der Waals surface area contributed by atoms with Crippen molar-refractivity contribution in [3.8, 4) is 28.6 Å². The third-order valence-electron chi connectivity index (χ3n) is 4.93. The lowest BCUT2D eigenvalue weighted by Gasteiger charge is -2.14. The zero-order chi connectivity index (χ0) is 23.8. The van der Waals surface area contributed by atoms with Gasteiger partial charge in [0.05, 0.1) is 23.7 Å². The van der Waals surface area contributed by atoms with E-state index in [1.807, 2.05) is 6.92 Å². The summed E-state index contributed by atoms with van der Waals surface area (Å²) in [4.78, 5) is 22.6. The van der Waals surface area contributed by atoms with Crippen molar-refractivity contribution in [2.24, 2.45) is 0 Å². The molecule has 0 amide bonds. The zero-order valence-electron chi connectivity index (χ0n) is 18.4. The number of tetrazole rings is 1. The van der Waals surface area contributed by atoms with E-state index < -0.39 is 4.92 Å². The molecule has 11 nitrogen and oxygen atoms in total. The number of aromatic nitrogens is 4. The first-order valence-electron chi connectivity index (χ1n) is 10.6. The van der Waals surface area contributed by atoms with Gasteiger partial charge in [0.15, 0.2) is 11.5 Å². The predicted octanol–water partition coefficient (Wildman–Crippen LogP) is 3.87. The van der Waals surface area contributed by atoms with Crippen molar-refractivity contribution in [1.82, 2.24) is 20.6 Å². The second-order valence-corrected chi connectivity index (χ2v) is 7.32. The first kappa shape index (κ1) is 23.6. The van der Waals surface area contributed by atoms with E-state index in [1.165, 1.54) is 19.1 Å². The fourth-order valence-electron chi connectivity index (χ4n) is 3.30. The van der Waals surface area contributed by atoms with E-state index in [0.717, 1.165) is 6.42 Å². The molecule has 0 saturated carbocycles. The van der Waals surface area contributed by atoms with Gasteiger partial charge in [0.1, 0.15) is 11.5 Å². The quantitative estimate of drug-likeness (QED) is 0.179. The number of hydrogen-bond acceptors (Lipinski definition) is 9. The van der Waals surface area contributed by atoms with Crippen molar-refractivity contribution in [3.05, 3.63) is 51.6 Å². The Bertz CT molecular complexity index is 1120. The summed E-state index contributed by atoms with van der Waals surface area (Å²) in [5.74, 6) is 0.734. The summed E-state index contributed by atoms with van der Waals surface area (Å²) in [6.07, 6.45) is 2.62. The molecule has 0 spiro atoms. The fourth-order valence-corrected chi connectivity index (χ4v) is 3.30. The van der Waals surface area contributed by atoms with Gasteiger partial charge in [-0.3, -0.25) is 14.9 Å². The first-order chi connectivity index (χ1) is 15.9. The fraction of sp³-hybridized carbons (Fsp3) is 0.364. The highest BCUT2D eigenvalue weighted by Gasteiger charge is 2.18. The molecule has 0 atom stereocenters. The van der Waals surface area contributed by atoms with Gasteiger partial charge in [-0.05, 0) is 55.7 Å². The molecular weight excluding hydrogens is 430 g/mol. The van der Waals surface area contributed by atoms with Gasteiger partial charge in [-0.25, -0.2) is 0 Å². The molecule has 2 aromatic carbocycles. The van der Waals surface area contributed by atoms with Crippen LogP contribution in [-0.2, 0) is 6.42 Å². The number of phenols is 1. The van der Waals surface area contributed by atoms with Crippen LogP contribution < -0.4 is 9.47 Å². The average Bonchev–Trinajstić information content (AvgIpc) is 3.33. The number of aromatic amines is 1. The van der Waals surface area contributed by atoms with E-state index in [0.29, 0.717) is 42.7 Å². The van der Waals surface area contributed by atoms with Gasteiger partial charge >= 0.3 is 5.69 Å². The van der Waals surface area contributed by atoms with Crippen LogP contribution in [-0.4, -0.2) is 49.7 Å². The van der Waals surface area contributed by atoms with Gasteiger partial charge in [0.25, 0.3) is 0 Å². The Balaban J connectivity index is 1.54. The summed E-state index contributed by atoms with van der Waals surface area (Å²) in [6, 6.07) is 7.74. The van der Waals surface area contributed by atoms with Crippen LogP contribution in [0.4, 0.5) is 5.69 Å². The summed E-state index contributed by atoms with van der Waals surface area (Å²) >= 11 is 0. The Morgan fingerprint density at radius 1 is 1.15 bits per heavy atom. The van der Waals surface area contributed by atoms with Crippen molar-refractivity contribution in [2.45, 2.75) is 39.5 Å². The van der Waals surface area contributed by atoms with Gasteiger partial charge < -0.3 is 14.6 Å². The minimum atomic E-state index is -0.519. The number of carbonyl (C=O) groups is 1. The summed E-state index contributed by atoms with van der Waals surface area (Å²) in [7, 11) is 0. The SMILES string of the molecule is CCCc1c(OCCCCOc2ccc(-c3nn[nH]n3)cc2[N+](=O)[O-])ccc(C(C)=O)c1O. The van der Waals surface area contributed by atoms with Crippen LogP contribution >= 0.6 is 0 Å². The topological polar surface area (TPSA) is 153 Å². The smallest absolute Gasteiger partial charge is 0.311 e. The van der Waals surface area contributed by atoms with Crippen molar-refractivity contribution >= 4 is 11.5 Å². The lowest BCUT2D eigenvalue weighted by molar-refractivity contribution is -0.385. The van der Waals surface area contributed by atoms with Gasteiger partial charge in [0, 0.05) is 17.2 Å². The molecule has 1 aromatic heterocycles. The van der Waals surface area contributed by atoms with Gasteiger partial charge in [-0.15, -0.1) is 10.2 Å². The molecule has 0 aliphatic carbocycles. The van der Waals surface area contributed by atoms with Crippen molar-refractivity contribution in [2.75, 3.05) is 13.2 Å². The molecule has 174 valence electrons. The lowest BCUT2D eigenvalue weighted by atomic mass is 10.0. The Morgan fingerprint density at radius 3 is 2.45 bits per heavy atom. The van der Waals surface area contributed by atoms with E-state index in [1.54, 1.807) is 18.2 Å². The molecule has 0 bridgehead atoms. The van der Waals surface area contributed by atoms with Crippen molar-refractivity contribution in [1.29, 1.82) is 0 Å². The Morgan fingerprint density at radius 2 is 1.85 bits per heavy atom.